The van der Waals surface area contributed by atoms with E-state index in [2.05, 4.69) is 17.4 Å². The van der Waals surface area contributed by atoms with Gasteiger partial charge in [-0.1, -0.05) is 54.1 Å². The van der Waals surface area contributed by atoms with Gasteiger partial charge in [0, 0.05) is 30.7 Å². The molecular weight excluding hydrogens is 422 g/mol. The van der Waals surface area contributed by atoms with Crippen LogP contribution in [-0.2, 0) is 28.0 Å². The number of nitrogens with zero attached hydrogens (tertiary/aromatic N) is 2. The smallest absolute Gasteiger partial charge is 0.282 e. The molecule has 1 aliphatic heterocycles. The number of carbonyl (C=O) groups excluding carboxylic acids is 1. The summed E-state index contributed by atoms with van der Waals surface area (Å²) in [6, 6.07) is 17.2. The Morgan fingerprint density at radius 3 is 2.40 bits per heavy atom. The van der Waals surface area contributed by atoms with Crippen molar-refractivity contribution in [2.75, 3.05) is 19.6 Å². The summed E-state index contributed by atoms with van der Waals surface area (Å²) < 4.78 is 28.6. The molecule has 1 aliphatic rings. The molecule has 1 amide bonds. The molecule has 1 fully saturated rings. The van der Waals surface area contributed by atoms with Crippen molar-refractivity contribution < 1.29 is 13.2 Å². The normalized spacial score (nSPS) is 18.1. The van der Waals surface area contributed by atoms with Crippen molar-refractivity contribution in [1.29, 1.82) is 0 Å². The molecule has 30 heavy (non-hydrogen) atoms. The van der Waals surface area contributed by atoms with Crippen LogP contribution in [0.15, 0.2) is 54.6 Å². The number of carbonyl (C=O) groups is 1. The first-order chi connectivity index (χ1) is 14.3. The molecule has 0 bridgehead atoms. The van der Waals surface area contributed by atoms with E-state index in [0.717, 1.165) is 18.4 Å². The van der Waals surface area contributed by atoms with E-state index < -0.39 is 10.2 Å². The number of nitrogens with one attached hydrogen (secondary N) is 1. The zero-order valence-corrected chi connectivity index (χ0v) is 18.7. The summed E-state index contributed by atoms with van der Waals surface area (Å²) >= 11 is 5.91. The molecule has 2 aromatic rings. The molecule has 0 radical (unpaired) electrons. The summed E-state index contributed by atoms with van der Waals surface area (Å²) in [6.07, 6.45) is 2.34. The van der Waals surface area contributed by atoms with E-state index in [1.165, 1.54) is 14.2 Å². The molecule has 0 spiro atoms. The van der Waals surface area contributed by atoms with E-state index in [-0.39, 0.29) is 25.0 Å². The van der Waals surface area contributed by atoms with Crippen molar-refractivity contribution >= 4 is 27.7 Å². The van der Waals surface area contributed by atoms with Crippen LogP contribution in [0, 0.1) is 0 Å². The molecule has 0 aliphatic carbocycles. The molecule has 8 heteroatoms. The highest BCUT2D eigenvalue weighted by Crippen LogP contribution is 2.20. The van der Waals surface area contributed by atoms with Gasteiger partial charge in [-0.2, -0.15) is 17.0 Å². The average Bonchev–Trinajstić information content (AvgIpc) is 2.72. The van der Waals surface area contributed by atoms with E-state index in [1.807, 2.05) is 37.3 Å². The molecule has 0 saturated carbocycles. The van der Waals surface area contributed by atoms with E-state index in [9.17, 15) is 13.2 Å². The predicted molar refractivity (Wildman–Crippen MR) is 119 cm³/mol. The largest absolute Gasteiger partial charge is 0.352 e. The van der Waals surface area contributed by atoms with Gasteiger partial charge >= 0.3 is 0 Å². The van der Waals surface area contributed by atoms with Gasteiger partial charge in [-0.05, 0) is 49.4 Å². The van der Waals surface area contributed by atoms with E-state index in [1.54, 1.807) is 12.1 Å². The maximum atomic E-state index is 13.0. The van der Waals surface area contributed by atoms with Gasteiger partial charge in [0.25, 0.3) is 10.2 Å². The number of amides is 1. The Bertz CT molecular complexity index is 936. The lowest BCUT2D eigenvalue weighted by atomic mass is 10.1. The number of benzene rings is 2. The molecular formula is C22H28ClN3O3S. The maximum Gasteiger partial charge on any atom is 0.282 e. The fraction of sp³-hybridized carbons (Fsp3) is 0.409. The SMILES string of the molecule is C[C@@H](CCc1ccccc1)NC(=O)CN1CCCN(Cc2ccc(Cl)cc2)S1(=O)=O. The summed E-state index contributed by atoms with van der Waals surface area (Å²) in [5.74, 6) is -0.271. The van der Waals surface area contributed by atoms with Crippen molar-refractivity contribution in [2.24, 2.45) is 0 Å². The van der Waals surface area contributed by atoms with Gasteiger partial charge in [0.2, 0.25) is 5.91 Å². The third-order valence-electron chi connectivity index (χ3n) is 5.18. The molecule has 1 heterocycles. The maximum absolute atomic E-state index is 13.0. The molecule has 3 rings (SSSR count). The van der Waals surface area contributed by atoms with Crippen LogP contribution in [0.3, 0.4) is 0 Å². The van der Waals surface area contributed by atoms with Crippen LogP contribution in [0.25, 0.3) is 0 Å². The summed E-state index contributed by atoms with van der Waals surface area (Å²) in [7, 11) is -3.69. The van der Waals surface area contributed by atoms with Crippen LogP contribution >= 0.6 is 11.6 Å². The van der Waals surface area contributed by atoms with Crippen LogP contribution in [0.4, 0.5) is 0 Å². The van der Waals surface area contributed by atoms with Crippen LogP contribution in [0.5, 0.6) is 0 Å². The molecule has 0 unspecified atom stereocenters. The zero-order valence-electron chi connectivity index (χ0n) is 17.1. The molecule has 1 N–H and O–H groups in total. The quantitative estimate of drug-likeness (QED) is 0.672. The second-order valence-electron chi connectivity index (χ2n) is 7.65. The van der Waals surface area contributed by atoms with Crippen LogP contribution < -0.4 is 5.32 Å². The Morgan fingerprint density at radius 1 is 1.03 bits per heavy atom. The van der Waals surface area contributed by atoms with Gasteiger partial charge in [-0.3, -0.25) is 4.79 Å². The fourth-order valence-electron chi connectivity index (χ4n) is 3.51. The van der Waals surface area contributed by atoms with Crippen molar-refractivity contribution in [3.8, 4) is 0 Å². The molecule has 1 saturated heterocycles. The summed E-state index contributed by atoms with van der Waals surface area (Å²) in [5, 5.41) is 3.54. The van der Waals surface area contributed by atoms with Crippen LogP contribution in [0.2, 0.25) is 5.02 Å². The standard InChI is InChI=1S/C22H28ClN3O3S/c1-18(8-9-19-6-3-2-4-7-19)24-22(27)17-26-15-5-14-25(30(26,28)29)16-20-10-12-21(23)13-11-20/h2-4,6-7,10-13,18H,5,8-9,14-17H2,1H3,(H,24,27)/t18-/m0/s1. The van der Waals surface area contributed by atoms with Crippen molar-refractivity contribution in [3.05, 3.63) is 70.7 Å². The Labute approximate surface area is 184 Å². The summed E-state index contributed by atoms with van der Waals surface area (Å²) in [5.41, 5.74) is 2.08. The average molecular weight is 450 g/mol. The van der Waals surface area contributed by atoms with Crippen molar-refractivity contribution in [1.82, 2.24) is 13.9 Å². The summed E-state index contributed by atoms with van der Waals surface area (Å²) in [4.78, 5) is 12.5. The lowest BCUT2D eigenvalue weighted by Crippen LogP contribution is -2.52. The van der Waals surface area contributed by atoms with Gasteiger partial charge in [0.1, 0.15) is 0 Å². The Morgan fingerprint density at radius 2 is 1.70 bits per heavy atom. The second-order valence-corrected chi connectivity index (χ2v) is 10.0. The number of rotatable bonds is 8. The molecule has 2 aromatic carbocycles. The number of halogens is 1. The van der Waals surface area contributed by atoms with E-state index in [0.29, 0.717) is 24.5 Å². The monoisotopic (exact) mass is 449 g/mol. The topological polar surface area (TPSA) is 69.7 Å². The highest BCUT2D eigenvalue weighted by atomic mass is 35.5. The van der Waals surface area contributed by atoms with Gasteiger partial charge < -0.3 is 5.32 Å². The van der Waals surface area contributed by atoms with Crippen LogP contribution in [-0.4, -0.2) is 48.6 Å². The first kappa shape index (κ1) is 22.7. The molecule has 162 valence electrons. The minimum Gasteiger partial charge on any atom is -0.352 e. The Hall–Kier alpha value is -1.93. The zero-order chi connectivity index (χ0) is 21.6. The number of hydrogen-bond acceptors (Lipinski definition) is 3. The molecule has 6 nitrogen and oxygen atoms in total. The highest BCUT2D eigenvalue weighted by molar-refractivity contribution is 7.86. The second kappa shape index (κ2) is 10.4. The minimum absolute atomic E-state index is 0.0321. The molecule has 0 aromatic heterocycles. The van der Waals surface area contributed by atoms with Gasteiger partial charge in [0.05, 0.1) is 6.54 Å². The third-order valence-corrected chi connectivity index (χ3v) is 7.36. The first-order valence-corrected chi connectivity index (χ1v) is 11.9. The lowest BCUT2D eigenvalue weighted by molar-refractivity contribution is -0.122. The number of aryl methyl sites for hydroxylation is 1. The number of hydrogen-bond donors (Lipinski definition) is 1. The Balaban J connectivity index is 1.53. The van der Waals surface area contributed by atoms with Gasteiger partial charge in [-0.15, -0.1) is 0 Å². The Kier molecular flexibility index (Phi) is 7.88. The van der Waals surface area contributed by atoms with Crippen molar-refractivity contribution in [2.45, 2.75) is 38.8 Å². The minimum atomic E-state index is -3.69. The van der Waals surface area contributed by atoms with Crippen LogP contribution in [0.1, 0.15) is 30.9 Å². The van der Waals surface area contributed by atoms with Gasteiger partial charge in [-0.25, -0.2) is 0 Å². The van der Waals surface area contributed by atoms with Gasteiger partial charge in [0.15, 0.2) is 0 Å². The fourth-order valence-corrected chi connectivity index (χ4v) is 5.28. The molecule has 1 atom stereocenters. The summed E-state index contributed by atoms with van der Waals surface area (Å²) in [6.45, 7) is 2.85. The van der Waals surface area contributed by atoms with E-state index in [4.69, 9.17) is 11.6 Å². The van der Waals surface area contributed by atoms with Crippen molar-refractivity contribution in [3.63, 3.8) is 0 Å². The highest BCUT2D eigenvalue weighted by Gasteiger charge is 2.34. The first-order valence-electron chi connectivity index (χ1n) is 10.2. The third kappa shape index (κ3) is 6.28. The van der Waals surface area contributed by atoms with E-state index >= 15 is 0 Å². The predicted octanol–water partition coefficient (Wildman–Crippen LogP) is 3.23. The lowest BCUT2D eigenvalue weighted by Gasteiger charge is -2.34.